The summed E-state index contributed by atoms with van der Waals surface area (Å²) in [4.78, 5) is 34.5. The zero-order valence-electron chi connectivity index (χ0n) is 22.8. The van der Waals surface area contributed by atoms with Gasteiger partial charge in [-0.25, -0.2) is 4.99 Å². The van der Waals surface area contributed by atoms with Gasteiger partial charge >= 0.3 is 0 Å². The van der Waals surface area contributed by atoms with Gasteiger partial charge in [0.1, 0.15) is 5.75 Å². The van der Waals surface area contributed by atoms with E-state index in [1.165, 1.54) is 17.3 Å². The molecule has 3 aromatic rings. The number of carbonyl (C=O) groups excluding carboxylic acids is 2. The second-order valence-corrected chi connectivity index (χ2v) is 10.7. The van der Waals surface area contributed by atoms with E-state index in [-0.39, 0.29) is 18.4 Å². The van der Waals surface area contributed by atoms with Gasteiger partial charge in [-0.3, -0.25) is 14.5 Å². The predicted octanol–water partition coefficient (Wildman–Crippen LogP) is 5.39. The third-order valence-electron chi connectivity index (χ3n) is 6.77. The third kappa shape index (κ3) is 6.73. The van der Waals surface area contributed by atoms with Crippen LogP contribution in [0.4, 0.5) is 17.1 Å². The standard InChI is InChI=1S/C31H32N4O4S/c1-21-7-8-25(17-22(21)2)32-29(36)20-39-27-6-4-5-23(18-27)19-28-30(37)34(3)31(40-28)33-24-9-11-26(12-10-24)35-13-15-38-16-14-35/h4-12,17-19H,13-16,20H2,1-3H3,(H,32,36)/b28-19-,33-31?. The highest BCUT2D eigenvalue weighted by Crippen LogP contribution is 2.34. The van der Waals surface area contributed by atoms with E-state index in [0.29, 0.717) is 15.8 Å². The van der Waals surface area contributed by atoms with Gasteiger partial charge in [0.05, 0.1) is 23.8 Å². The number of benzene rings is 3. The van der Waals surface area contributed by atoms with Crippen LogP contribution in [0, 0.1) is 13.8 Å². The van der Waals surface area contributed by atoms with E-state index in [1.54, 1.807) is 18.0 Å². The lowest BCUT2D eigenvalue weighted by Gasteiger charge is -2.28. The highest BCUT2D eigenvalue weighted by molar-refractivity contribution is 8.18. The van der Waals surface area contributed by atoms with E-state index in [1.807, 2.05) is 68.5 Å². The average Bonchev–Trinajstić information content (AvgIpc) is 3.22. The van der Waals surface area contributed by atoms with Crippen molar-refractivity contribution in [2.75, 3.05) is 50.2 Å². The summed E-state index contributed by atoms with van der Waals surface area (Å²) in [5.74, 6) is 0.185. The molecule has 8 nitrogen and oxygen atoms in total. The lowest BCUT2D eigenvalue weighted by Crippen LogP contribution is -2.36. The highest BCUT2D eigenvalue weighted by atomic mass is 32.2. The molecule has 0 spiro atoms. The van der Waals surface area contributed by atoms with E-state index >= 15 is 0 Å². The summed E-state index contributed by atoms with van der Waals surface area (Å²) < 4.78 is 11.2. The fourth-order valence-corrected chi connectivity index (χ4v) is 5.32. The van der Waals surface area contributed by atoms with Gasteiger partial charge in [0.2, 0.25) is 0 Å². The SMILES string of the molecule is Cc1ccc(NC(=O)COc2cccc(/C=C3\SC(=Nc4ccc(N5CCOCC5)cc4)N(C)C3=O)c2)cc1C. The first-order chi connectivity index (χ1) is 19.4. The Kier molecular flexibility index (Phi) is 8.52. The van der Waals surface area contributed by atoms with Crippen LogP contribution in [0.1, 0.15) is 16.7 Å². The summed E-state index contributed by atoms with van der Waals surface area (Å²) in [5, 5.41) is 3.48. The Morgan fingerprint density at radius 3 is 2.58 bits per heavy atom. The van der Waals surface area contributed by atoms with Crippen molar-refractivity contribution in [3.8, 4) is 5.75 Å². The van der Waals surface area contributed by atoms with Gasteiger partial charge < -0.3 is 19.7 Å². The van der Waals surface area contributed by atoms with E-state index in [9.17, 15) is 9.59 Å². The molecule has 0 aromatic heterocycles. The number of nitrogens with one attached hydrogen (secondary N) is 1. The molecule has 2 saturated heterocycles. The lowest BCUT2D eigenvalue weighted by atomic mass is 10.1. The second kappa shape index (κ2) is 12.4. The Bertz CT molecular complexity index is 1460. The molecule has 0 unspecified atom stereocenters. The largest absolute Gasteiger partial charge is 0.484 e. The van der Waals surface area contributed by atoms with E-state index in [2.05, 4.69) is 22.3 Å². The van der Waals surface area contributed by atoms with Gasteiger partial charge in [-0.05, 0) is 96.9 Å². The Hall–Kier alpha value is -4.08. The van der Waals surface area contributed by atoms with Crippen LogP contribution in [-0.4, -0.2) is 61.8 Å². The van der Waals surface area contributed by atoms with Crippen LogP contribution >= 0.6 is 11.8 Å². The van der Waals surface area contributed by atoms with Gasteiger partial charge in [0, 0.05) is 31.5 Å². The van der Waals surface area contributed by atoms with Crippen LogP contribution in [0.5, 0.6) is 5.75 Å². The summed E-state index contributed by atoms with van der Waals surface area (Å²) in [6.45, 7) is 7.14. The van der Waals surface area contributed by atoms with Gasteiger partial charge in [0.25, 0.3) is 11.8 Å². The maximum absolute atomic E-state index is 12.9. The number of aryl methyl sites for hydroxylation is 2. The number of likely N-dealkylation sites (N-methyl/N-ethyl adjacent to an activating group) is 1. The van der Waals surface area contributed by atoms with Crippen molar-refractivity contribution in [2.45, 2.75) is 13.8 Å². The molecule has 0 aliphatic carbocycles. The maximum Gasteiger partial charge on any atom is 0.266 e. The minimum Gasteiger partial charge on any atom is -0.484 e. The van der Waals surface area contributed by atoms with Crippen LogP contribution in [0.25, 0.3) is 6.08 Å². The highest BCUT2D eigenvalue weighted by Gasteiger charge is 2.30. The number of anilines is 2. The molecule has 0 atom stereocenters. The number of hydrogen-bond donors (Lipinski definition) is 1. The molecular formula is C31H32N4O4S. The second-order valence-electron chi connectivity index (χ2n) is 9.69. The molecule has 2 aliphatic rings. The van der Waals surface area contributed by atoms with Gasteiger partial charge in [-0.1, -0.05) is 18.2 Å². The van der Waals surface area contributed by atoms with Gasteiger partial charge in [0.15, 0.2) is 11.8 Å². The van der Waals surface area contributed by atoms with Crippen molar-refractivity contribution in [1.29, 1.82) is 0 Å². The first-order valence-electron chi connectivity index (χ1n) is 13.1. The Balaban J connectivity index is 1.21. The van der Waals surface area contributed by atoms with E-state index in [0.717, 1.165) is 54.5 Å². The summed E-state index contributed by atoms with van der Waals surface area (Å²) in [6.07, 6.45) is 1.82. The van der Waals surface area contributed by atoms with Crippen LogP contribution in [0.15, 0.2) is 76.6 Å². The Morgan fingerprint density at radius 1 is 1.05 bits per heavy atom. The molecule has 2 amide bonds. The van der Waals surface area contributed by atoms with Crippen molar-refractivity contribution >= 4 is 51.9 Å². The molecule has 2 heterocycles. The smallest absolute Gasteiger partial charge is 0.266 e. The Labute approximate surface area is 238 Å². The van der Waals surface area contributed by atoms with Crippen LogP contribution in [0.3, 0.4) is 0 Å². The van der Waals surface area contributed by atoms with Crippen molar-refractivity contribution in [3.63, 3.8) is 0 Å². The predicted molar refractivity (Wildman–Crippen MR) is 161 cm³/mol. The van der Waals surface area contributed by atoms with Crippen molar-refractivity contribution in [2.24, 2.45) is 4.99 Å². The minimum atomic E-state index is -0.242. The van der Waals surface area contributed by atoms with Crippen molar-refractivity contribution < 1.29 is 19.1 Å². The molecule has 5 rings (SSSR count). The van der Waals surface area contributed by atoms with Gasteiger partial charge in [-0.2, -0.15) is 0 Å². The molecule has 40 heavy (non-hydrogen) atoms. The molecule has 2 aliphatic heterocycles. The number of nitrogens with zero attached hydrogens (tertiary/aromatic N) is 3. The molecule has 0 bridgehead atoms. The summed E-state index contributed by atoms with van der Waals surface area (Å²) >= 11 is 1.33. The molecular weight excluding hydrogens is 524 g/mol. The first-order valence-corrected chi connectivity index (χ1v) is 14.0. The topological polar surface area (TPSA) is 83.5 Å². The quantitative estimate of drug-likeness (QED) is 0.393. The van der Waals surface area contributed by atoms with E-state index in [4.69, 9.17) is 14.5 Å². The number of hydrogen-bond acceptors (Lipinski definition) is 7. The number of amidine groups is 1. The number of aliphatic imine (C=N–C) groups is 1. The number of morpholine rings is 1. The van der Waals surface area contributed by atoms with Crippen molar-refractivity contribution in [3.05, 3.63) is 88.3 Å². The third-order valence-corrected chi connectivity index (χ3v) is 7.83. The van der Waals surface area contributed by atoms with Gasteiger partial charge in [-0.15, -0.1) is 0 Å². The molecule has 0 saturated carbocycles. The van der Waals surface area contributed by atoms with Crippen LogP contribution in [-0.2, 0) is 14.3 Å². The molecule has 1 N–H and O–H groups in total. The number of ether oxygens (including phenoxy) is 2. The van der Waals surface area contributed by atoms with E-state index < -0.39 is 0 Å². The fourth-order valence-electron chi connectivity index (χ4n) is 4.33. The number of rotatable bonds is 7. The zero-order valence-corrected chi connectivity index (χ0v) is 23.7. The normalized spacial score (nSPS) is 17.5. The molecule has 9 heteroatoms. The van der Waals surface area contributed by atoms with Crippen LogP contribution in [0.2, 0.25) is 0 Å². The number of thioether (sulfide) groups is 1. The number of carbonyl (C=O) groups is 2. The molecule has 3 aromatic carbocycles. The zero-order chi connectivity index (χ0) is 28.1. The summed E-state index contributed by atoms with van der Waals surface area (Å²) in [5.41, 5.74) is 5.74. The van der Waals surface area contributed by atoms with Crippen molar-refractivity contribution in [1.82, 2.24) is 4.90 Å². The first kappa shape index (κ1) is 27.5. The average molecular weight is 557 g/mol. The number of amides is 2. The fraction of sp³-hybridized carbons (Fsp3) is 0.258. The summed E-state index contributed by atoms with van der Waals surface area (Å²) in [7, 11) is 1.73. The summed E-state index contributed by atoms with van der Waals surface area (Å²) in [6, 6.07) is 21.1. The monoisotopic (exact) mass is 556 g/mol. The molecule has 0 radical (unpaired) electrons. The maximum atomic E-state index is 12.9. The Morgan fingerprint density at radius 2 is 1.82 bits per heavy atom. The minimum absolute atomic E-state index is 0.118. The molecule has 2 fully saturated rings. The van der Waals surface area contributed by atoms with Crippen LogP contribution < -0.4 is 15.0 Å². The lowest BCUT2D eigenvalue weighted by molar-refractivity contribution is -0.121. The molecule has 206 valence electrons.